The Labute approximate surface area is 68.4 Å². The second kappa shape index (κ2) is 4.04. The van der Waals surface area contributed by atoms with Crippen LogP contribution in [0.1, 0.15) is 13.3 Å². The zero-order valence-electron chi connectivity index (χ0n) is 7.38. The van der Waals surface area contributed by atoms with E-state index in [0.29, 0.717) is 6.04 Å². The van der Waals surface area contributed by atoms with Crippen LogP contribution in [0, 0.1) is 0 Å². The smallest absolute Gasteiger partial charge is 0.0664 e. The molecule has 2 N–H and O–H groups in total. The van der Waals surface area contributed by atoms with Crippen LogP contribution < -0.4 is 5.32 Å². The SMILES string of the molecule is CC[C@@H](O)CN(C)C1CNC1. The molecule has 66 valence electrons. The molecule has 0 aromatic rings. The Morgan fingerprint density at radius 3 is 2.64 bits per heavy atom. The van der Waals surface area contributed by atoms with Crippen LogP contribution in [0.2, 0.25) is 0 Å². The van der Waals surface area contributed by atoms with Gasteiger partial charge in [0.25, 0.3) is 0 Å². The van der Waals surface area contributed by atoms with Crippen LogP contribution in [0.5, 0.6) is 0 Å². The Kier molecular flexibility index (Phi) is 3.30. The topological polar surface area (TPSA) is 35.5 Å². The molecule has 1 saturated heterocycles. The van der Waals surface area contributed by atoms with E-state index in [-0.39, 0.29) is 6.10 Å². The molecule has 0 saturated carbocycles. The first-order chi connectivity index (χ1) is 5.24. The standard InChI is InChI=1S/C8H18N2O/c1-3-8(11)6-10(2)7-4-9-5-7/h7-9,11H,3-6H2,1-2H3/t8-/m1/s1. The molecule has 0 aromatic heterocycles. The second-order valence-corrected chi connectivity index (χ2v) is 3.31. The van der Waals surface area contributed by atoms with Gasteiger partial charge in [-0.1, -0.05) is 6.92 Å². The van der Waals surface area contributed by atoms with Crippen molar-refractivity contribution in [3.63, 3.8) is 0 Å². The highest BCUT2D eigenvalue weighted by Gasteiger charge is 2.22. The Balaban J connectivity index is 2.13. The molecule has 1 atom stereocenters. The fourth-order valence-electron chi connectivity index (χ4n) is 1.20. The highest BCUT2D eigenvalue weighted by Crippen LogP contribution is 2.03. The average molecular weight is 158 g/mol. The van der Waals surface area contributed by atoms with Gasteiger partial charge in [-0.2, -0.15) is 0 Å². The monoisotopic (exact) mass is 158 g/mol. The predicted octanol–water partition coefficient (Wildman–Crippen LogP) is -0.339. The summed E-state index contributed by atoms with van der Waals surface area (Å²) in [5.74, 6) is 0. The zero-order chi connectivity index (χ0) is 8.27. The molecule has 0 amide bonds. The molecule has 0 bridgehead atoms. The third kappa shape index (κ3) is 2.43. The van der Waals surface area contributed by atoms with Crippen molar-refractivity contribution in [2.24, 2.45) is 0 Å². The molecule has 1 heterocycles. The molecule has 0 unspecified atom stereocenters. The molecule has 0 aliphatic carbocycles. The van der Waals surface area contributed by atoms with E-state index in [1.165, 1.54) is 0 Å². The van der Waals surface area contributed by atoms with Crippen LogP contribution in [-0.4, -0.2) is 48.8 Å². The van der Waals surface area contributed by atoms with Crippen molar-refractivity contribution in [3.05, 3.63) is 0 Å². The Morgan fingerprint density at radius 2 is 2.27 bits per heavy atom. The van der Waals surface area contributed by atoms with E-state index in [9.17, 15) is 5.11 Å². The van der Waals surface area contributed by atoms with Gasteiger partial charge >= 0.3 is 0 Å². The van der Waals surface area contributed by atoms with E-state index in [4.69, 9.17) is 0 Å². The van der Waals surface area contributed by atoms with E-state index in [1.54, 1.807) is 0 Å². The second-order valence-electron chi connectivity index (χ2n) is 3.31. The molecule has 0 aromatic carbocycles. The van der Waals surface area contributed by atoms with Crippen molar-refractivity contribution in [1.82, 2.24) is 10.2 Å². The van der Waals surface area contributed by atoms with Gasteiger partial charge in [0, 0.05) is 25.7 Å². The zero-order valence-corrected chi connectivity index (χ0v) is 7.38. The molecule has 1 aliphatic rings. The number of nitrogens with zero attached hydrogens (tertiary/aromatic N) is 1. The summed E-state index contributed by atoms with van der Waals surface area (Å²) in [4.78, 5) is 2.23. The Hall–Kier alpha value is -0.120. The van der Waals surface area contributed by atoms with Gasteiger partial charge in [-0.15, -0.1) is 0 Å². The largest absolute Gasteiger partial charge is 0.392 e. The van der Waals surface area contributed by atoms with Crippen molar-refractivity contribution in [1.29, 1.82) is 0 Å². The van der Waals surface area contributed by atoms with E-state index in [2.05, 4.69) is 17.3 Å². The van der Waals surface area contributed by atoms with Gasteiger partial charge in [-0.05, 0) is 13.5 Å². The van der Waals surface area contributed by atoms with Gasteiger partial charge in [0.15, 0.2) is 0 Å². The number of likely N-dealkylation sites (N-methyl/N-ethyl adjacent to an activating group) is 1. The normalized spacial score (nSPS) is 21.8. The molecule has 0 radical (unpaired) electrons. The minimum Gasteiger partial charge on any atom is -0.392 e. The van der Waals surface area contributed by atoms with E-state index in [1.807, 2.05) is 6.92 Å². The van der Waals surface area contributed by atoms with Crippen LogP contribution in [0.3, 0.4) is 0 Å². The molecular weight excluding hydrogens is 140 g/mol. The van der Waals surface area contributed by atoms with Crippen molar-refractivity contribution >= 4 is 0 Å². The number of nitrogens with one attached hydrogen (secondary N) is 1. The highest BCUT2D eigenvalue weighted by atomic mass is 16.3. The van der Waals surface area contributed by atoms with Crippen molar-refractivity contribution < 1.29 is 5.11 Å². The summed E-state index contributed by atoms with van der Waals surface area (Å²) in [6, 6.07) is 0.649. The van der Waals surface area contributed by atoms with Gasteiger partial charge in [-0.25, -0.2) is 0 Å². The van der Waals surface area contributed by atoms with Gasteiger partial charge in [-0.3, -0.25) is 4.90 Å². The summed E-state index contributed by atoms with van der Waals surface area (Å²) < 4.78 is 0. The molecule has 3 nitrogen and oxygen atoms in total. The van der Waals surface area contributed by atoms with Crippen molar-refractivity contribution in [2.75, 3.05) is 26.7 Å². The lowest BCUT2D eigenvalue weighted by atomic mass is 10.1. The Bertz CT molecular complexity index is 115. The first-order valence-corrected chi connectivity index (χ1v) is 4.33. The molecule has 11 heavy (non-hydrogen) atoms. The van der Waals surface area contributed by atoms with E-state index < -0.39 is 0 Å². The third-order valence-electron chi connectivity index (χ3n) is 2.35. The lowest BCUT2D eigenvalue weighted by Crippen LogP contribution is -2.57. The maximum atomic E-state index is 9.33. The quantitative estimate of drug-likeness (QED) is 0.587. The van der Waals surface area contributed by atoms with Crippen LogP contribution in [0.4, 0.5) is 0 Å². The summed E-state index contributed by atoms with van der Waals surface area (Å²) in [7, 11) is 2.07. The summed E-state index contributed by atoms with van der Waals surface area (Å²) in [6.07, 6.45) is 0.699. The number of rotatable bonds is 4. The van der Waals surface area contributed by atoms with E-state index in [0.717, 1.165) is 26.1 Å². The molecule has 1 fully saturated rings. The molecular formula is C8H18N2O. The maximum Gasteiger partial charge on any atom is 0.0664 e. The highest BCUT2D eigenvalue weighted by molar-refractivity contribution is 4.83. The molecule has 0 spiro atoms. The number of hydrogen-bond donors (Lipinski definition) is 2. The first-order valence-electron chi connectivity index (χ1n) is 4.33. The minimum absolute atomic E-state index is 0.152. The molecule has 3 heteroatoms. The van der Waals surface area contributed by atoms with Gasteiger partial charge in [0.05, 0.1) is 6.10 Å². The summed E-state index contributed by atoms with van der Waals surface area (Å²) in [5, 5.41) is 12.5. The number of aliphatic hydroxyl groups excluding tert-OH is 1. The van der Waals surface area contributed by atoms with Crippen LogP contribution in [0.15, 0.2) is 0 Å². The minimum atomic E-state index is -0.152. The van der Waals surface area contributed by atoms with Crippen molar-refractivity contribution in [2.45, 2.75) is 25.5 Å². The van der Waals surface area contributed by atoms with Gasteiger partial charge in [0.2, 0.25) is 0 Å². The van der Waals surface area contributed by atoms with Crippen LogP contribution >= 0.6 is 0 Å². The fourth-order valence-corrected chi connectivity index (χ4v) is 1.20. The van der Waals surface area contributed by atoms with Crippen LogP contribution in [-0.2, 0) is 0 Å². The molecule has 1 aliphatic heterocycles. The van der Waals surface area contributed by atoms with Crippen molar-refractivity contribution in [3.8, 4) is 0 Å². The van der Waals surface area contributed by atoms with Crippen LogP contribution in [0.25, 0.3) is 0 Å². The van der Waals surface area contributed by atoms with E-state index >= 15 is 0 Å². The lowest BCUT2D eigenvalue weighted by Gasteiger charge is -2.36. The maximum absolute atomic E-state index is 9.33. The lowest BCUT2D eigenvalue weighted by molar-refractivity contribution is 0.0844. The molecule has 1 rings (SSSR count). The summed E-state index contributed by atoms with van der Waals surface area (Å²) in [6.45, 7) is 4.97. The number of aliphatic hydroxyl groups is 1. The first kappa shape index (κ1) is 8.97. The predicted molar refractivity (Wildman–Crippen MR) is 45.6 cm³/mol. The fraction of sp³-hybridized carbons (Fsp3) is 1.00. The summed E-state index contributed by atoms with van der Waals surface area (Å²) in [5.41, 5.74) is 0. The Morgan fingerprint density at radius 1 is 1.64 bits per heavy atom. The van der Waals surface area contributed by atoms with Gasteiger partial charge < -0.3 is 10.4 Å². The third-order valence-corrected chi connectivity index (χ3v) is 2.35. The number of hydrogen-bond acceptors (Lipinski definition) is 3. The van der Waals surface area contributed by atoms with Gasteiger partial charge in [0.1, 0.15) is 0 Å². The summed E-state index contributed by atoms with van der Waals surface area (Å²) >= 11 is 0. The average Bonchev–Trinajstić information content (AvgIpc) is 1.83.